The predicted octanol–water partition coefficient (Wildman–Crippen LogP) is 6.06. The second-order valence-corrected chi connectivity index (χ2v) is 6.37. The van der Waals surface area contributed by atoms with Gasteiger partial charge in [0.1, 0.15) is 0 Å². The van der Waals surface area contributed by atoms with Crippen molar-refractivity contribution in [3.05, 3.63) is 68.7 Å². The summed E-state index contributed by atoms with van der Waals surface area (Å²) in [4.78, 5) is -0.186. The molecule has 2 aromatic rings. The first-order chi connectivity index (χ1) is 9.00. The molecule has 5 heteroatoms. The average Bonchev–Trinajstić information content (AvgIpc) is 2.38. The minimum Gasteiger partial charge on any atom is -0.204 e. The number of rotatable bonds is 3. The summed E-state index contributed by atoms with van der Waals surface area (Å²) in [5, 5.41) is 0.571. The molecule has 1 atom stereocenters. The molecule has 0 aliphatic carbocycles. The highest BCUT2D eigenvalue weighted by molar-refractivity contribution is 9.10. The van der Waals surface area contributed by atoms with Gasteiger partial charge in [0.2, 0.25) is 0 Å². The van der Waals surface area contributed by atoms with Crippen LogP contribution in [0, 0.1) is 11.6 Å². The van der Waals surface area contributed by atoms with Crippen molar-refractivity contribution in [2.45, 2.75) is 11.2 Å². The van der Waals surface area contributed by atoms with Crippen LogP contribution in [0.5, 0.6) is 0 Å². The van der Waals surface area contributed by atoms with E-state index in [1.165, 1.54) is 6.07 Å². The second-order valence-electron chi connectivity index (χ2n) is 4.03. The normalized spacial score (nSPS) is 12.5. The van der Waals surface area contributed by atoms with E-state index in [0.717, 1.165) is 16.1 Å². The molecule has 0 spiro atoms. The van der Waals surface area contributed by atoms with Gasteiger partial charge in [0, 0.05) is 9.30 Å². The van der Waals surface area contributed by atoms with E-state index in [1.54, 1.807) is 6.07 Å². The third-order valence-corrected chi connectivity index (χ3v) is 4.88. The van der Waals surface area contributed by atoms with Crippen molar-refractivity contribution in [3.63, 3.8) is 0 Å². The molecule has 19 heavy (non-hydrogen) atoms. The second kappa shape index (κ2) is 6.33. The molecule has 0 aromatic heterocycles. The van der Waals surface area contributed by atoms with Gasteiger partial charge in [-0.05, 0) is 45.6 Å². The quantitative estimate of drug-likeness (QED) is 0.540. The van der Waals surface area contributed by atoms with Gasteiger partial charge in [-0.1, -0.05) is 51.8 Å². The number of alkyl halides is 1. The highest BCUT2D eigenvalue weighted by Gasteiger charge is 2.17. The molecule has 1 unspecified atom stereocenters. The van der Waals surface area contributed by atoms with Crippen molar-refractivity contribution in [2.75, 3.05) is 0 Å². The molecular formula is C14H9Br2ClF2. The molecule has 0 N–H and O–H groups in total. The van der Waals surface area contributed by atoms with Crippen LogP contribution >= 0.6 is 43.5 Å². The summed E-state index contributed by atoms with van der Waals surface area (Å²) in [6.45, 7) is 0. The molecule has 100 valence electrons. The van der Waals surface area contributed by atoms with Crippen molar-refractivity contribution in [1.29, 1.82) is 0 Å². The van der Waals surface area contributed by atoms with Gasteiger partial charge in [-0.15, -0.1) is 0 Å². The highest BCUT2D eigenvalue weighted by Crippen LogP contribution is 2.36. The minimum absolute atomic E-state index is 0.186. The standard InChI is InChI=1S/C14H9Br2ClF2/c15-10-5-2-4-9(13(10)17)11(16)7-8-3-1-6-12(18)14(8)19/h1-6,11H,7H2. The van der Waals surface area contributed by atoms with Crippen LogP contribution in [-0.2, 0) is 6.42 Å². The third kappa shape index (κ3) is 3.36. The maximum absolute atomic E-state index is 13.6. The van der Waals surface area contributed by atoms with Gasteiger partial charge in [-0.25, -0.2) is 8.78 Å². The van der Waals surface area contributed by atoms with E-state index in [9.17, 15) is 8.78 Å². The summed E-state index contributed by atoms with van der Waals surface area (Å²) in [5.74, 6) is -1.64. The lowest BCUT2D eigenvalue weighted by molar-refractivity contribution is 0.498. The number of hydrogen-bond acceptors (Lipinski definition) is 0. The molecule has 0 saturated carbocycles. The fraction of sp³-hybridized carbons (Fsp3) is 0.143. The molecule has 0 amide bonds. The van der Waals surface area contributed by atoms with E-state index in [4.69, 9.17) is 11.6 Å². The topological polar surface area (TPSA) is 0 Å². The maximum Gasteiger partial charge on any atom is 0.162 e. The van der Waals surface area contributed by atoms with Crippen molar-refractivity contribution < 1.29 is 8.78 Å². The monoisotopic (exact) mass is 408 g/mol. The van der Waals surface area contributed by atoms with Gasteiger partial charge in [-0.3, -0.25) is 0 Å². The molecule has 0 fully saturated rings. The molecule has 0 aliphatic heterocycles. The Hall–Kier alpha value is -0.450. The lowest BCUT2D eigenvalue weighted by Crippen LogP contribution is -2.00. The molecule has 0 heterocycles. The van der Waals surface area contributed by atoms with Gasteiger partial charge in [0.25, 0.3) is 0 Å². The van der Waals surface area contributed by atoms with Gasteiger partial charge in [-0.2, -0.15) is 0 Å². The van der Waals surface area contributed by atoms with Gasteiger partial charge in [0.05, 0.1) is 5.02 Å². The van der Waals surface area contributed by atoms with Crippen LogP contribution in [0.3, 0.4) is 0 Å². The highest BCUT2D eigenvalue weighted by atomic mass is 79.9. The molecular weight excluding hydrogens is 401 g/mol. The molecule has 0 nitrogen and oxygen atoms in total. The lowest BCUT2D eigenvalue weighted by atomic mass is 10.0. The van der Waals surface area contributed by atoms with E-state index in [1.807, 2.05) is 18.2 Å². The number of halogens is 5. The summed E-state index contributed by atoms with van der Waals surface area (Å²) in [7, 11) is 0. The van der Waals surface area contributed by atoms with E-state index in [-0.39, 0.29) is 4.83 Å². The van der Waals surface area contributed by atoms with E-state index < -0.39 is 11.6 Å². The first kappa shape index (κ1) is 14.9. The Balaban J connectivity index is 2.28. The Bertz CT molecular complexity index is 602. The van der Waals surface area contributed by atoms with Crippen molar-refractivity contribution in [1.82, 2.24) is 0 Å². The largest absolute Gasteiger partial charge is 0.204 e. The fourth-order valence-corrected chi connectivity index (χ4v) is 3.27. The van der Waals surface area contributed by atoms with Crippen LogP contribution in [0.4, 0.5) is 8.78 Å². The predicted molar refractivity (Wildman–Crippen MR) is 80.9 cm³/mol. The summed E-state index contributed by atoms with van der Waals surface area (Å²) in [5.41, 5.74) is 1.15. The fourth-order valence-electron chi connectivity index (χ4n) is 1.77. The summed E-state index contributed by atoms with van der Waals surface area (Å²) in [6.07, 6.45) is 0.319. The molecule has 0 bridgehead atoms. The Morgan fingerprint density at radius 2 is 1.79 bits per heavy atom. The van der Waals surface area contributed by atoms with E-state index in [2.05, 4.69) is 31.9 Å². The Morgan fingerprint density at radius 1 is 1.11 bits per heavy atom. The van der Waals surface area contributed by atoms with Crippen LogP contribution in [-0.4, -0.2) is 0 Å². The molecule has 0 aliphatic rings. The minimum atomic E-state index is -0.836. The third-order valence-electron chi connectivity index (χ3n) is 2.75. The van der Waals surface area contributed by atoms with Crippen LogP contribution in [0.15, 0.2) is 40.9 Å². The zero-order valence-corrected chi connectivity index (χ0v) is 13.6. The number of benzene rings is 2. The summed E-state index contributed by atoms with van der Waals surface area (Å²) >= 11 is 13.0. The van der Waals surface area contributed by atoms with Crippen LogP contribution in [0.1, 0.15) is 16.0 Å². The van der Waals surface area contributed by atoms with Gasteiger partial charge in [0.15, 0.2) is 11.6 Å². The smallest absolute Gasteiger partial charge is 0.162 e. The average molecular weight is 410 g/mol. The van der Waals surface area contributed by atoms with Crippen LogP contribution in [0.2, 0.25) is 5.02 Å². The maximum atomic E-state index is 13.6. The van der Waals surface area contributed by atoms with Crippen molar-refractivity contribution in [2.24, 2.45) is 0 Å². The molecule has 0 radical (unpaired) electrons. The SMILES string of the molecule is Fc1cccc(CC(Br)c2cccc(Br)c2Cl)c1F. The Kier molecular flexibility index (Phi) is 4.98. The van der Waals surface area contributed by atoms with Crippen LogP contribution in [0.25, 0.3) is 0 Å². The zero-order valence-electron chi connectivity index (χ0n) is 9.64. The summed E-state index contributed by atoms with van der Waals surface area (Å²) < 4.78 is 27.5. The van der Waals surface area contributed by atoms with Gasteiger partial charge < -0.3 is 0 Å². The lowest BCUT2D eigenvalue weighted by Gasteiger charge is -2.13. The molecule has 0 saturated heterocycles. The Morgan fingerprint density at radius 3 is 2.53 bits per heavy atom. The van der Waals surface area contributed by atoms with E-state index in [0.29, 0.717) is 17.0 Å². The van der Waals surface area contributed by atoms with Crippen molar-refractivity contribution in [3.8, 4) is 0 Å². The Labute approximate surface area is 132 Å². The van der Waals surface area contributed by atoms with Crippen LogP contribution < -0.4 is 0 Å². The van der Waals surface area contributed by atoms with Crippen molar-refractivity contribution >= 4 is 43.5 Å². The van der Waals surface area contributed by atoms with E-state index >= 15 is 0 Å². The first-order valence-electron chi connectivity index (χ1n) is 5.51. The molecule has 2 rings (SSSR count). The number of hydrogen-bond donors (Lipinski definition) is 0. The molecule has 2 aromatic carbocycles. The zero-order chi connectivity index (χ0) is 14.0. The first-order valence-corrected chi connectivity index (χ1v) is 7.60. The summed E-state index contributed by atoms with van der Waals surface area (Å²) in [6, 6.07) is 9.70. The van der Waals surface area contributed by atoms with Gasteiger partial charge >= 0.3 is 0 Å².